The number of carbonyl (C=O) groups excluding carboxylic acids is 2. The van der Waals surface area contributed by atoms with E-state index < -0.39 is 45.8 Å². The Morgan fingerprint density at radius 1 is 0.762 bits per heavy atom. The molecule has 5 N–H and O–H groups in total. The van der Waals surface area contributed by atoms with E-state index in [2.05, 4.69) is 29.1 Å². The Kier molecular flexibility index (Phi) is 17.3. The van der Waals surface area contributed by atoms with Crippen molar-refractivity contribution in [2.45, 2.75) is 85.5 Å². The Morgan fingerprint density at radius 2 is 1.19 bits per heavy atom. The molecule has 0 bridgehead atoms. The molecule has 3 atom stereocenters. The van der Waals surface area contributed by atoms with Crippen LogP contribution in [0.4, 0.5) is 0 Å². The van der Waals surface area contributed by atoms with Gasteiger partial charge in [-0.05, 0) is 48.6 Å². The normalized spacial score (nSPS) is 13.4. The van der Waals surface area contributed by atoms with Crippen LogP contribution in [0.5, 0.6) is 0 Å². The second-order valence-corrected chi connectivity index (χ2v) is 13.0. The Morgan fingerprint density at radius 3 is 1.62 bits per heavy atom. The van der Waals surface area contributed by atoms with E-state index in [0.717, 1.165) is 10.8 Å². The molecule has 42 heavy (non-hydrogen) atoms. The molecule has 1 aromatic rings. The second kappa shape index (κ2) is 18.8. The molecule has 0 aliphatic carbocycles. The molecule has 2 amide bonds. The zero-order valence-corrected chi connectivity index (χ0v) is 26.2. The lowest BCUT2D eigenvalue weighted by molar-refractivity contribution is -0.142. The molecule has 0 fully saturated rings. The van der Waals surface area contributed by atoms with Crippen molar-refractivity contribution in [3.8, 4) is 0 Å². The molecule has 0 aliphatic rings. The van der Waals surface area contributed by atoms with E-state index in [9.17, 15) is 37.8 Å². The SMILES string of the molecule is C=CS(=O)(=O)C=C.CC(C)CC(NC(=O)C(CC(C)C)NC(=O)C(CC(C)C)NCc1ccccc1C(=O)O)C(=O)O. The summed E-state index contributed by atoms with van der Waals surface area (Å²) in [4.78, 5) is 49.3. The number of hydrogen-bond acceptors (Lipinski definition) is 7. The summed E-state index contributed by atoms with van der Waals surface area (Å²) in [6.07, 6.45) is 1.11. The molecule has 0 aliphatic heterocycles. The Bertz CT molecular complexity index is 1160. The van der Waals surface area contributed by atoms with E-state index in [0.29, 0.717) is 18.4 Å². The summed E-state index contributed by atoms with van der Waals surface area (Å²) >= 11 is 0. The minimum absolute atomic E-state index is 0.0721. The minimum atomic E-state index is -3.13. The quantitative estimate of drug-likeness (QED) is 0.176. The van der Waals surface area contributed by atoms with Gasteiger partial charge in [-0.15, -0.1) is 0 Å². The van der Waals surface area contributed by atoms with Crippen molar-refractivity contribution in [3.63, 3.8) is 0 Å². The zero-order valence-electron chi connectivity index (χ0n) is 25.4. The maximum Gasteiger partial charge on any atom is 0.336 e. The highest BCUT2D eigenvalue weighted by Gasteiger charge is 2.30. The van der Waals surface area contributed by atoms with Gasteiger partial charge in [0.05, 0.1) is 11.6 Å². The van der Waals surface area contributed by atoms with Crippen LogP contribution in [0.3, 0.4) is 0 Å². The number of carboxylic acid groups (broad SMARTS) is 2. The number of aliphatic carboxylic acids is 1. The van der Waals surface area contributed by atoms with Crippen LogP contribution in [0.25, 0.3) is 0 Å². The molecule has 1 aromatic carbocycles. The molecule has 0 aromatic heterocycles. The van der Waals surface area contributed by atoms with Crippen molar-refractivity contribution in [1.29, 1.82) is 0 Å². The third kappa shape index (κ3) is 15.5. The molecular weight excluding hydrogens is 562 g/mol. The number of aromatic carboxylic acids is 1. The van der Waals surface area contributed by atoms with Gasteiger partial charge in [0.1, 0.15) is 12.1 Å². The van der Waals surface area contributed by atoms with Gasteiger partial charge in [-0.25, -0.2) is 18.0 Å². The topological polar surface area (TPSA) is 179 Å². The molecule has 11 nitrogen and oxygen atoms in total. The maximum atomic E-state index is 13.2. The number of hydrogen-bond donors (Lipinski definition) is 5. The number of sulfone groups is 1. The highest BCUT2D eigenvalue weighted by Crippen LogP contribution is 2.13. The van der Waals surface area contributed by atoms with Crippen molar-refractivity contribution in [3.05, 3.63) is 59.4 Å². The molecular formula is C30H47N3O8S. The van der Waals surface area contributed by atoms with Crippen molar-refractivity contribution in [1.82, 2.24) is 16.0 Å². The van der Waals surface area contributed by atoms with Crippen molar-refractivity contribution in [2.75, 3.05) is 0 Å². The first-order valence-corrected chi connectivity index (χ1v) is 15.4. The van der Waals surface area contributed by atoms with Gasteiger partial charge < -0.3 is 26.2 Å². The maximum absolute atomic E-state index is 13.2. The number of rotatable bonds is 17. The van der Waals surface area contributed by atoms with Gasteiger partial charge in [0.25, 0.3) is 0 Å². The summed E-state index contributed by atoms with van der Waals surface area (Å²) in [5.41, 5.74) is 0.710. The van der Waals surface area contributed by atoms with Crippen molar-refractivity contribution in [2.24, 2.45) is 17.8 Å². The Balaban J connectivity index is 0.00000212. The summed E-state index contributed by atoms with van der Waals surface area (Å²) in [6.45, 7) is 17.8. The van der Waals surface area contributed by atoms with Crippen molar-refractivity contribution >= 4 is 33.6 Å². The number of carbonyl (C=O) groups is 4. The van der Waals surface area contributed by atoms with E-state index in [4.69, 9.17) is 0 Å². The first-order valence-electron chi connectivity index (χ1n) is 13.8. The lowest BCUT2D eigenvalue weighted by atomic mass is 9.98. The third-order valence-electron chi connectivity index (χ3n) is 5.94. The summed E-state index contributed by atoms with van der Waals surface area (Å²) in [6, 6.07) is 3.99. The van der Waals surface area contributed by atoms with Gasteiger partial charge in [0.2, 0.25) is 11.8 Å². The van der Waals surface area contributed by atoms with Crippen LogP contribution in [0.1, 0.15) is 76.7 Å². The highest BCUT2D eigenvalue weighted by atomic mass is 32.2. The summed E-state index contributed by atoms with van der Waals surface area (Å²) in [7, 11) is -3.13. The lowest BCUT2D eigenvalue weighted by Crippen LogP contribution is -2.55. The van der Waals surface area contributed by atoms with Gasteiger partial charge >= 0.3 is 11.9 Å². The summed E-state index contributed by atoms with van der Waals surface area (Å²) < 4.78 is 20.3. The number of benzene rings is 1. The van der Waals surface area contributed by atoms with Crippen LogP contribution in [0.2, 0.25) is 0 Å². The Hall–Kier alpha value is -3.51. The molecule has 0 spiro atoms. The fourth-order valence-electron chi connectivity index (χ4n) is 3.88. The third-order valence-corrected chi connectivity index (χ3v) is 6.87. The van der Waals surface area contributed by atoms with Crippen molar-refractivity contribution < 1.29 is 37.8 Å². The van der Waals surface area contributed by atoms with Gasteiger partial charge in [0, 0.05) is 17.4 Å². The minimum Gasteiger partial charge on any atom is -0.480 e. The number of carboxylic acids is 2. The number of nitrogens with one attached hydrogen (secondary N) is 3. The zero-order chi connectivity index (χ0) is 32.6. The molecule has 3 unspecified atom stereocenters. The first kappa shape index (κ1) is 38.5. The average Bonchev–Trinajstić information content (AvgIpc) is 2.89. The van der Waals surface area contributed by atoms with Crippen LogP contribution in [0, 0.1) is 17.8 Å². The molecule has 0 saturated carbocycles. The van der Waals surface area contributed by atoms with Crippen LogP contribution >= 0.6 is 0 Å². The van der Waals surface area contributed by atoms with Crippen LogP contribution in [-0.2, 0) is 30.8 Å². The van der Waals surface area contributed by atoms with E-state index in [-0.39, 0.29) is 42.2 Å². The molecule has 0 radical (unpaired) electrons. The summed E-state index contributed by atoms with van der Waals surface area (Å²) in [5, 5.41) is 29.1. The van der Waals surface area contributed by atoms with Crippen LogP contribution in [-0.4, -0.2) is 60.5 Å². The molecule has 12 heteroatoms. The predicted molar refractivity (Wildman–Crippen MR) is 163 cm³/mol. The molecule has 0 heterocycles. The molecule has 0 saturated heterocycles. The first-order chi connectivity index (χ1) is 19.4. The van der Waals surface area contributed by atoms with Gasteiger partial charge in [-0.2, -0.15) is 0 Å². The Labute approximate surface area is 249 Å². The van der Waals surface area contributed by atoms with Gasteiger partial charge in [-0.1, -0.05) is 72.9 Å². The van der Waals surface area contributed by atoms with Gasteiger partial charge in [-0.3, -0.25) is 9.59 Å². The fraction of sp³-hybridized carbons (Fsp3) is 0.533. The number of amides is 2. The van der Waals surface area contributed by atoms with Crippen LogP contribution in [0.15, 0.2) is 48.2 Å². The average molecular weight is 610 g/mol. The van der Waals surface area contributed by atoms with E-state index in [1.54, 1.807) is 18.2 Å². The second-order valence-electron chi connectivity index (χ2n) is 11.2. The van der Waals surface area contributed by atoms with Crippen LogP contribution < -0.4 is 16.0 Å². The predicted octanol–water partition coefficient (Wildman–Crippen LogP) is 3.72. The van der Waals surface area contributed by atoms with Gasteiger partial charge in [0.15, 0.2) is 9.84 Å². The summed E-state index contributed by atoms with van der Waals surface area (Å²) in [5.74, 6) is -2.76. The smallest absolute Gasteiger partial charge is 0.336 e. The van der Waals surface area contributed by atoms with E-state index >= 15 is 0 Å². The molecule has 1 rings (SSSR count). The molecule has 236 valence electrons. The largest absolute Gasteiger partial charge is 0.480 e. The van der Waals surface area contributed by atoms with E-state index in [1.807, 2.05) is 41.5 Å². The van der Waals surface area contributed by atoms with E-state index in [1.165, 1.54) is 6.07 Å². The standard InChI is InChI=1S/C26H41N3O6.C4H6O2S/c1-15(2)11-20(27-14-18-9-7-8-10-19(18)25(32)33)23(30)28-21(12-16(3)4)24(31)29-22(26(34)35)13-17(5)6;1-3-7(5,6)4-2/h7-10,15-17,20-22,27H,11-14H2,1-6H3,(H,28,30)(H,29,31)(H,32,33)(H,34,35);3-4H,1-2H2. The highest BCUT2D eigenvalue weighted by molar-refractivity contribution is 7.97. The lowest BCUT2D eigenvalue weighted by Gasteiger charge is -2.26. The fourth-order valence-corrected chi connectivity index (χ4v) is 4.02. The monoisotopic (exact) mass is 609 g/mol.